The Bertz CT molecular complexity index is 1280. The Kier molecular flexibility index (Phi) is 5.65. The molecule has 0 saturated heterocycles. The lowest BCUT2D eigenvalue weighted by Gasteiger charge is -2.25. The summed E-state index contributed by atoms with van der Waals surface area (Å²) in [5.41, 5.74) is 3.62. The van der Waals surface area contributed by atoms with Gasteiger partial charge in [0.2, 0.25) is 15.9 Å². The lowest BCUT2D eigenvalue weighted by Crippen LogP contribution is -2.33. The summed E-state index contributed by atoms with van der Waals surface area (Å²) < 4.78 is 28.3. The lowest BCUT2D eigenvalue weighted by molar-refractivity contribution is -0.118. The highest BCUT2D eigenvalue weighted by atomic mass is 32.2. The molecule has 0 radical (unpaired) electrons. The maximum absolute atomic E-state index is 12.8. The van der Waals surface area contributed by atoms with Crippen molar-refractivity contribution in [2.24, 2.45) is 0 Å². The van der Waals surface area contributed by atoms with Gasteiger partial charge < -0.3 is 15.5 Å². The van der Waals surface area contributed by atoms with Crippen molar-refractivity contribution in [3.05, 3.63) is 59.9 Å². The van der Waals surface area contributed by atoms with Gasteiger partial charge in [0.15, 0.2) is 5.82 Å². The van der Waals surface area contributed by atoms with Gasteiger partial charge in [0, 0.05) is 44.1 Å². The molecule has 0 spiro atoms. The van der Waals surface area contributed by atoms with Gasteiger partial charge in [-0.2, -0.15) is 0 Å². The van der Waals surface area contributed by atoms with Crippen LogP contribution in [0.2, 0.25) is 0 Å². The van der Waals surface area contributed by atoms with Crippen molar-refractivity contribution in [2.75, 3.05) is 35.2 Å². The fourth-order valence-corrected chi connectivity index (χ4v) is 5.25. The fraction of sp³-hybridized carbons (Fsp3) is 0.273. The molecule has 1 aromatic carbocycles. The third kappa shape index (κ3) is 4.50. The number of aromatic nitrogens is 3. The molecule has 170 valence electrons. The van der Waals surface area contributed by atoms with Crippen molar-refractivity contribution >= 4 is 38.9 Å². The van der Waals surface area contributed by atoms with E-state index in [9.17, 15) is 13.2 Å². The number of rotatable bonds is 8. The molecule has 0 bridgehead atoms. The Morgan fingerprint density at radius 3 is 2.39 bits per heavy atom. The van der Waals surface area contributed by atoms with E-state index < -0.39 is 10.0 Å². The van der Waals surface area contributed by atoms with Crippen LogP contribution in [0.5, 0.6) is 0 Å². The SMILES string of the molecule is O=C1CCc2cc(S(=O)(=O)NCCNc3ccc(Nc4ccncc4)nn3)cc3c2N1CC3. The number of nitrogens with one attached hydrogen (secondary N) is 3. The molecule has 0 unspecified atom stereocenters. The van der Waals surface area contributed by atoms with Gasteiger partial charge >= 0.3 is 0 Å². The second-order valence-corrected chi connectivity index (χ2v) is 9.64. The topological polar surface area (TPSA) is 129 Å². The molecule has 3 aromatic rings. The fourth-order valence-electron chi connectivity index (χ4n) is 4.12. The molecule has 2 aliphatic rings. The third-order valence-corrected chi connectivity index (χ3v) is 7.12. The first-order valence-electron chi connectivity index (χ1n) is 10.7. The molecule has 3 N–H and O–H groups in total. The summed E-state index contributed by atoms with van der Waals surface area (Å²) in [4.78, 5) is 18.1. The molecule has 4 heterocycles. The van der Waals surface area contributed by atoms with Crippen molar-refractivity contribution < 1.29 is 13.2 Å². The Morgan fingerprint density at radius 1 is 0.909 bits per heavy atom. The molecule has 0 aliphatic carbocycles. The lowest BCUT2D eigenvalue weighted by atomic mass is 10.00. The molecular weight excluding hydrogens is 442 g/mol. The molecule has 1 amide bonds. The van der Waals surface area contributed by atoms with Crippen LogP contribution in [0.25, 0.3) is 0 Å². The van der Waals surface area contributed by atoms with Crippen molar-refractivity contribution in [2.45, 2.75) is 24.2 Å². The average Bonchev–Trinajstić information content (AvgIpc) is 3.26. The number of amides is 1. The van der Waals surface area contributed by atoms with Crippen molar-refractivity contribution in [1.82, 2.24) is 19.9 Å². The highest BCUT2D eigenvalue weighted by Crippen LogP contribution is 2.38. The second-order valence-electron chi connectivity index (χ2n) is 7.87. The van der Waals surface area contributed by atoms with Gasteiger partial charge in [0.05, 0.1) is 10.6 Å². The highest BCUT2D eigenvalue weighted by Gasteiger charge is 2.32. The first-order chi connectivity index (χ1) is 16.0. The normalized spacial score (nSPS) is 14.8. The predicted molar refractivity (Wildman–Crippen MR) is 124 cm³/mol. The minimum atomic E-state index is -3.66. The number of pyridine rings is 1. The number of anilines is 4. The zero-order chi connectivity index (χ0) is 22.8. The molecule has 11 heteroatoms. The molecule has 0 atom stereocenters. The number of carbonyl (C=O) groups is 1. The van der Waals surface area contributed by atoms with E-state index >= 15 is 0 Å². The average molecular weight is 466 g/mol. The molecule has 5 rings (SSSR count). The summed E-state index contributed by atoms with van der Waals surface area (Å²) in [6.45, 7) is 1.17. The number of carbonyl (C=O) groups excluding carboxylic acids is 1. The van der Waals surface area contributed by atoms with Gasteiger partial charge in [0.25, 0.3) is 0 Å². The molecule has 0 fully saturated rings. The number of aryl methyl sites for hydroxylation is 1. The zero-order valence-corrected chi connectivity index (χ0v) is 18.6. The van der Waals surface area contributed by atoms with Crippen LogP contribution in [0.15, 0.2) is 53.7 Å². The Balaban J connectivity index is 1.16. The Morgan fingerprint density at radius 2 is 1.64 bits per heavy atom. The summed E-state index contributed by atoms with van der Waals surface area (Å²) in [6.07, 6.45) is 5.05. The Hall–Kier alpha value is -3.57. The van der Waals surface area contributed by atoms with E-state index in [0.29, 0.717) is 44.0 Å². The van der Waals surface area contributed by atoms with Crippen LogP contribution in [-0.4, -0.2) is 49.1 Å². The number of hydrogen-bond acceptors (Lipinski definition) is 8. The van der Waals surface area contributed by atoms with Crippen molar-refractivity contribution in [1.29, 1.82) is 0 Å². The Labute approximate surface area is 191 Å². The van der Waals surface area contributed by atoms with Gasteiger partial charge in [-0.15, -0.1) is 10.2 Å². The predicted octanol–water partition coefficient (Wildman–Crippen LogP) is 1.84. The van der Waals surface area contributed by atoms with E-state index in [4.69, 9.17) is 0 Å². The number of benzene rings is 1. The molecule has 0 saturated carbocycles. The largest absolute Gasteiger partial charge is 0.367 e. The standard InChI is InChI=1S/C22H23N7O3S/c30-21-4-1-15-13-18(14-16-7-12-29(21)22(15)16)33(31,32)25-11-10-24-19-2-3-20(28-27-19)26-17-5-8-23-9-6-17/h2-3,5-6,8-9,13-14,25H,1,4,7,10-12H2,(H,24,27)(H,23,26,28). The van der Waals surface area contributed by atoms with Crippen LogP contribution < -0.4 is 20.3 Å². The highest BCUT2D eigenvalue weighted by molar-refractivity contribution is 7.89. The first-order valence-corrected chi connectivity index (χ1v) is 12.2. The van der Waals surface area contributed by atoms with Crippen LogP contribution >= 0.6 is 0 Å². The van der Waals surface area contributed by atoms with Gasteiger partial charge in [-0.1, -0.05) is 0 Å². The van der Waals surface area contributed by atoms with E-state index in [1.54, 1.807) is 41.6 Å². The maximum Gasteiger partial charge on any atom is 0.240 e. The van der Waals surface area contributed by atoms with Crippen molar-refractivity contribution in [3.63, 3.8) is 0 Å². The van der Waals surface area contributed by atoms with Crippen LogP contribution in [0.1, 0.15) is 17.5 Å². The van der Waals surface area contributed by atoms with Crippen LogP contribution in [0.3, 0.4) is 0 Å². The van der Waals surface area contributed by atoms with Crippen LogP contribution in [-0.2, 0) is 27.7 Å². The summed E-state index contributed by atoms with van der Waals surface area (Å²) in [6, 6.07) is 10.6. The molecule has 10 nitrogen and oxygen atoms in total. The smallest absolute Gasteiger partial charge is 0.240 e. The number of nitrogens with zero attached hydrogens (tertiary/aromatic N) is 4. The third-order valence-electron chi connectivity index (χ3n) is 5.68. The van der Waals surface area contributed by atoms with Gasteiger partial charge in [-0.3, -0.25) is 9.78 Å². The molecule has 2 aliphatic heterocycles. The maximum atomic E-state index is 12.8. The summed E-state index contributed by atoms with van der Waals surface area (Å²) in [5.74, 6) is 1.25. The minimum absolute atomic E-state index is 0.116. The van der Waals surface area contributed by atoms with E-state index in [2.05, 4.69) is 30.5 Å². The quantitative estimate of drug-likeness (QED) is 0.430. The summed E-state index contributed by atoms with van der Waals surface area (Å²) in [7, 11) is -3.66. The minimum Gasteiger partial charge on any atom is -0.367 e. The van der Waals surface area contributed by atoms with Crippen molar-refractivity contribution in [3.8, 4) is 0 Å². The number of sulfonamides is 1. The number of hydrogen-bond donors (Lipinski definition) is 3. The van der Waals surface area contributed by atoms with E-state index in [1.807, 2.05) is 12.1 Å². The van der Waals surface area contributed by atoms with E-state index in [0.717, 1.165) is 22.5 Å². The van der Waals surface area contributed by atoms with Gasteiger partial charge in [-0.05, 0) is 60.4 Å². The molecule has 2 aromatic heterocycles. The first kappa shape index (κ1) is 21.3. The van der Waals surface area contributed by atoms with Crippen LogP contribution in [0, 0.1) is 0 Å². The second kappa shape index (κ2) is 8.75. The van der Waals surface area contributed by atoms with Gasteiger partial charge in [-0.25, -0.2) is 13.1 Å². The van der Waals surface area contributed by atoms with Gasteiger partial charge in [0.1, 0.15) is 5.82 Å². The summed E-state index contributed by atoms with van der Waals surface area (Å²) >= 11 is 0. The van der Waals surface area contributed by atoms with E-state index in [1.165, 1.54) is 0 Å². The van der Waals surface area contributed by atoms with Crippen LogP contribution in [0.4, 0.5) is 23.0 Å². The molecule has 33 heavy (non-hydrogen) atoms. The van der Waals surface area contributed by atoms with E-state index in [-0.39, 0.29) is 17.3 Å². The summed E-state index contributed by atoms with van der Waals surface area (Å²) in [5, 5.41) is 14.4. The zero-order valence-electron chi connectivity index (χ0n) is 17.8. The monoisotopic (exact) mass is 465 g/mol. The molecular formula is C22H23N7O3S.